The lowest BCUT2D eigenvalue weighted by Crippen LogP contribution is -2.12. The van der Waals surface area contributed by atoms with Crippen LogP contribution >= 0.6 is 24.0 Å². The van der Waals surface area contributed by atoms with Crippen molar-refractivity contribution in [3.05, 3.63) is 40.4 Å². The Bertz CT molecular complexity index is 627. The monoisotopic (exact) mass is 277 g/mol. The second-order valence-electron chi connectivity index (χ2n) is 4.75. The lowest BCUT2D eigenvalue weighted by Gasteiger charge is -2.15. The summed E-state index contributed by atoms with van der Waals surface area (Å²) >= 11 is 7.22. The fourth-order valence-electron chi connectivity index (χ4n) is 2.44. The van der Waals surface area contributed by atoms with Gasteiger partial charge in [0.1, 0.15) is 5.82 Å². The fraction of sp³-hybridized carbons (Fsp3) is 0.385. The van der Waals surface area contributed by atoms with Crippen molar-refractivity contribution in [2.45, 2.75) is 30.7 Å². The first-order valence-corrected chi connectivity index (χ1v) is 7.46. The molecule has 1 aromatic heterocycles. The number of aromatic nitrogens is 3. The molecule has 2 heterocycles. The SMILES string of the molecule is CC(C)n1c(C2CSc3ccccc32)n[nH]c1=S. The number of H-pyrrole nitrogens is 1. The molecule has 0 radical (unpaired) electrons. The molecule has 1 aliphatic rings. The maximum absolute atomic E-state index is 5.32. The van der Waals surface area contributed by atoms with Crippen LogP contribution in [0.1, 0.15) is 37.2 Å². The number of thioether (sulfide) groups is 1. The van der Waals surface area contributed by atoms with Gasteiger partial charge in [0, 0.05) is 16.7 Å². The molecule has 18 heavy (non-hydrogen) atoms. The van der Waals surface area contributed by atoms with Crippen molar-refractivity contribution in [3.63, 3.8) is 0 Å². The van der Waals surface area contributed by atoms with Crippen LogP contribution in [0.5, 0.6) is 0 Å². The average molecular weight is 277 g/mol. The summed E-state index contributed by atoms with van der Waals surface area (Å²) in [4.78, 5) is 1.37. The fourth-order valence-corrected chi connectivity index (χ4v) is 4.01. The molecule has 0 spiro atoms. The average Bonchev–Trinajstić information content (AvgIpc) is 2.92. The topological polar surface area (TPSA) is 33.6 Å². The Morgan fingerprint density at radius 1 is 1.44 bits per heavy atom. The molecule has 1 atom stereocenters. The van der Waals surface area contributed by atoms with Crippen LogP contribution in [0.3, 0.4) is 0 Å². The van der Waals surface area contributed by atoms with Crippen LogP contribution in [0.2, 0.25) is 0 Å². The zero-order valence-electron chi connectivity index (χ0n) is 10.4. The van der Waals surface area contributed by atoms with Crippen molar-refractivity contribution in [1.82, 2.24) is 14.8 Å². The number of benzene rings is 1. The molecule has 0 saturated carbocycles. The van der Waals surface area contributed by atoms with Crippen LogP contribution in [-0.4, -0.2) is 20.5 Å². The van der Waals surface area contributed by atoms with E-state index in [1.807, 2.05) is 11.8 Å². The van der Waals surface area contributed by atoms with Crippen LogP contribution in [0, 0.1) is 4.77 Å². The van der Waals surface area contributed by atoms with Crippen molar-refractivity contribution in [2.24, 2.45) is 0 Å². The predicted octanol–water partition coefficient (Wildman–Crippen LogP) is 3.76. The second-order valence-corrected chi connectivity index (χ2v) is 6.20. The van der Waals surface area contributed by atoms with Crippen LogP contribution in [0.15, 0.2) is 29.2 Å². The lowest BCUT2D eigenvalue weighted by molar-refractivity contribution is 0.553. The van der Waals surface area contributed by atoms with Crippen molar-refractivity contribution >= 4 is 24.0 Å². The van der Waals surface area contributed by atoms with Gasteiger partial charge >= 0.3 is 0 Å². The van der Waals surface area contributed by atoms with Crippen LogP contribution in [0.4, 0.5) is 0 Å². The quantitative estimate of drug-likeness (QED) is 0.849. The van der Waals surface area contributed by atoms with Gasteiger partial charge in [0.25, 0.3) is 0 Å². The number of hydrogen-bond donors (Lipinski definition) is 1. The Morgan fingerprint density at radius 3 is 3.00 bits per heavy atom. The zero-order valence-corrected chi connectivity index (χ0v) is 12.0. The molecule has 0 aliphatic carbocycles. The molecule has 0 fully saturated rings. The summed E-state index contributed by atoms with van der Waals surface area (Å²) in [6, 6.07) is 8.90. The van der Waals surface area contributed by atoms with E-state index in [0.717, 1.165) is 16.3 Å². The first-order chi connectivity index (χ1) is 8.68. The molecule has 3 rings (SSSR count). The highest BCUT2D eigenvalue weighted by Gasteiger charge is 2.28. The molecule has 1 aliphatic heterocycles. The van der Waals surface area contributed by atoms with Gasteiger partial charge in [0.15, 0.2) is 4.77 Å². The van der Waals surface area contributed by atoms with Gasteiger partial charge in [-0.2, -0.15) is 5.10 Å². The molecule has 5 heteroatoms. The summed E-state index contributed by atoms with van der Waals surface area (Å²) in [5.41, 5.74) is 1.37. The minimum absolute atomic E-state index is 0.337. The highest BCUT2D eigenvalue weighted by Crippen LogP contribution is 2.42. The minimum Gasteiger partial charge on any atom is -0.301 e. The van der Waals surface area contributed by atoms with Gasteiger partial charge in [-0.15, -0.1) is 11.8 Å². The normalized spacial score (nSPS) is 18.3. The molecule has 3 nitrogen and oxygen atoms in total. The van der Waals surface area contributed by atoms with Gasteiger partial charge in [0.05, 0.1) is 5.92 Å². The van der Waals surface area contributed by atoms with E-state index in [1.54, 1.807) is 0 Å². The molecule has 1 N–H and O–H groups in total. The Balaban J connectivity index is 2.11. The highest BCUT2D eigenvalue weighted by molar-refractivity contribution is 7.99. The molecule has 0 bridgehead atoms. The smallest absolute Gasteiger partial charge is 0.195 e. The molecule has 94 valence electrons. The Labute approximate surface area is 116 Å². The Hall–Kier alpha value is -1.07. The molecule has 0 amide bonds. The van der Waals surface area contributed by atoms with E-state index in [-0.39, 0.29) is 0 Å². The van der Waals surface area contributed by atoms with E-state index in [1.165, 1.54) is 10.5 Å². The molecule has 1 aromatic carbocycles. The first-order valence-electron chi connectivity index (χ1n) is 6.07. The Morgan fingerprint density at radius 2 is 2.22 bits per heavy atom. The summed E-state index contributed by atoms with van der Waals surface area (Å²) in [5, 5.41) is 7.38. The van der Waals surface area contributed by atoms with E-state index >= 15 is 0 Å². The van der Waals surface area contributed by atoms with Crippen molar-refractivity contribution in [2.75, 3.05) is 5.75 Å². The number of nitrogens with one attached hydrogen (secondary N) is 1. The predicted molar refractivity (Wildman–Crippen MR) is 76.8 cm³/mol. The molecular weight excluding hydrogens is 262 g/mol. The van der Waals surface area contributed by atoms with E-state index in [4.69, 9.17) is 12.2 Å². The van der Waals surface area contributed by atoms with E-state index in [0.29, 0.717) is 12.0 Å². The third-order valence-corrected chi connectivity index (χ3v) is 4.73. The number of aromatic amines is 1. The minimum atomic E-state index is 0.337. The number of rotatable bonds is 2. The van der Waals surface area contributed by atoms with Gasteiger partial charge in [-0.25, -0.2) is 0 Å². The van der Waals surface area contributed by atoms with Crippen LogP contribution in [0.25, 0.3) is 0 Å². The number of fused-ring (bicyclic) bond motifs is 1. The van der Waals surface area contributed by atoms with E-state index in [9.17, 15) is 0 Å². The van der Waals surface area contributed by atoms with Gasteiger partial charge < -0.3 is 4.57 Å². The summed E-state index contributed by atoms with van der Waals surface area (Å²) < 4.78 is 2.84. The summed E-state index contributed by atoms with van der Waals surface area (Å²) in [7, 11) is 0. The van der Waals surface area contributed by atoms with E-state index < -0.39 is 0 Å². The second kappa shape index (κ2) is 4.55. The van der Waals surface area contributed by atoms with Crippen molar-refractivity contribution < 1.29 is 0 Å². The van der Waals surface area contributed by atoms with Gasteiger partial charge in [-0.1, -0.05) is 18.2 Å². The van der Waals surface area contributed by atoms with Gasteiger partial charge in [-0.05, 0) is 37.7 Å². The highest BCUT2D eigenvalue weighted by atomic mass is 32.2. The van der Waals surface area contributed by atoms with Crippen molar-refractivity contribution in [1.29, 1.82) is 0 Å². The summed E-state index contributed by atoms with van der Waals surface area (Å²) in [6.07, 6.45) is 0. The van der Waals surface area contributed by atoms with Crippen LogP contribution < -0.4 is 0 Å². The van der Waals surface area contributed by atoms with Crippen LogP contribution in [-0.2, 0) is 0 Å². The Kier molecular flexibility index (Phi) is 3.03. The first kappa shape index (κ1) is 12.0. The summed E-state index contributed by atoms with van der Waals surface area (Å²) in [6.45, 7) is 4.28. The largest absolute Gasteiger partial charge is 0.301 e. The molecule has 2 aromatic rings. The maximum atomic E-state index is 5.32. The standard InChI is InChI=1S/C13H15N3S2/c1-8(2)16-12(14-15-13(16)17)10-7-18-11-6-4-3-5-9(10)11/h3-6,8,10H,7H2,1-2H3,(H,15,17). The van der Waals surface area contributed by atoms with E-state index in [2.05, 4.69) is 52.9 Å². The number of nitrogens with zero attached hydrogens (tertiary/aromatic N) is 2. The zero-order chi connectivity index (χ0) is 12.7. The lowest BCUT2D eigenvalue weighted by atomic mass is 10.0. The molecule has 0 saturated heterocycles. The molecule has 1 unspecified atom stereocenters. The number of hydrogen-bond acceptors (Lipinski definition) is 3. The van der Waals surface area contributed by atoms with Crippen molar-refractivity contribution in [3.8, 4) is 0 Å². The maximum Gasteiger partial charge on any atom is 0.195 e. The van der Waals surface area contributed by atoms with Gasteiger partial charge in [-0.3, -0.25) is 5.10 Å². The molecular formula is C13H15N3S2. The third kappa shape index (κ3) is 1.82. The summed E-state index contributed by atoms with van der Waals surface area (Å²) in [5.74, 6) is 2.46. The van der Waals surface area contributed by atoms with Gasteiger partial charge in [0.2, 0.25) is 0 Å². The third-order valence-electron chi connectivity index (χ3n) is 3.26.